The molecule has 3 fully saturated rings. The first-order chi connectivity index (χ1) is 6.77. The summed E-state index contributed by atoms with van der Waals surface area (Å²) in [5.41, 5.74) is 0. The number of nitrogens with one attached hydrogen (secondary N) is 1. The summed E-state index contributed by atoms with van der Waals surface area (Å²) in [6.45, 7) is 5.02. The van der Waals surface area contributed by atoms with Crippen LogP contribution in [0.1, 0.15) is 32.6 Å². The Labute approximate surface area is 90.8 Å². The highest BCUT2D eigenvalue weighted by Gasteiger charge is 2.45. The van der Waals surface area contributed by atoms with Crippen molar-refractivity contribution in [1.29, 1.82) is 0 Å². The van der Waals surface area contributed by atoms with Gasteiger partial charge in [0.05, 0.1) is 4.87 Å². The summed E-state index contributed by atoms with van der Waals surface area (Å²) in [5, 5.41) is 3.82. The number of hydrogen-bond acceptors (Lipinski definition) is 3. The molecule has 3 heterocycles. The van der Waals surface area contributed by atoms with Crippen LogP contribution in [0.4, 0.5) is 0 Å². The molecule has 3 saturated heterocycles. The summed E-state index contributed by atoms with van der Waals surface area (Å²) in [7, 11) is 0. The lowest BCUT2D eigenvalue weighted by Crippen LogP contribution is -2.52. The first-order valence-corrected chi connectivity index (χ1v) is 6.92. The summed E-state index contributed by atoms with van der Waals surface area (Å²) in [5.74, 6) is 1.31. The molecule has 0 aromatic rings. The van der Waals surface area contributed by atoms with Crippen LogP contribution in [0.3, 0.4) is 0 Å². The molecule has 14 heavy (non-hydrogen) atoms. The van der Waals surface area contributed by atoms with Gasteiger partial charge in [-0.15, -0.1) is 11.8 Å². The fourth-order valence-electron chi connectivity index (χ4n) is 3.31. The fraction of sp³-hybridized carbons (Fsp3) is 1.00. The van der Waals surface area contributed by atoms with E-state index in [-0.39, 0.29) is 0 Å². The second-order valence-electron chi connectivity index (χ2n) is 5.14. The van der Waals surface area contributed by atoms with Crippen LogP contribution >= 0.6 is 11.8 Å². The summed E-state index contributed by atoms with van der Waals surface area (Å²) < 4.78 is 0. The maximum atomic E-state index is 3.82. The Morgan fingerprint density at radius 2 is 2.36 bits per heavy atom. The Hall–Kier alpha value is 0.270. The number of rotatable bonds is 0. The lowest BCUT2D eigenvalue weighted by Gasteiger charge is -2.41. The molecule has 0 amide bonds. The van der Waals surface area contributed by atoms with Crippen LogP contribution in [0.15, 0.2) is 0 Å². The Kier molecular flexibility index (Phi) is 2.30. The molecular formula is C11H20N2S. The summed E-state index contributed by atoms with van der Waals surface area (Å²) in [6.07, 6.45) is 5.62. The third-order valence-electron chi connectivity index (χ3n) is 3.99. The number of fused-ring (bicyclic) bond motifs is 1. The van der Waals surface area contributed by atoms with Crippen molar-refractivity contribution >= 4 is 11.8 Å². The minimum Gasteiger partial charge on any atom is -0.300 e. The van der Waals surface area contributed by atoms with Crippen LogP contribution in [-0.2, 0) is 0 Å². The van der Waals surface area contributed by atoms with Crippen molar-refractivity contribution < 1.29 is 0 Å². The molecule has 3 unspecified atom stereocenters. The van der Waals surface area contributed by atoms with Crippen molar-refractivity contribution in [2.45, 2.75) is 49.6 Å². The highest BCUT2D eigenvalue weighted by atomic mass is 32.2. The monoisotopic (exact) mass is 212 g/mol. The maximum absolute atomic E-state index is 3.82. The molecule has 1 spiro atoms. The normalized spacial score (nSPS) is 48.6. The first-order valence-electron chi connectivity index (χ1n) is 5.93. The molecule has 3 aliphatic heterocycles. The highest BCUT2D eigenvalue weighted by Crippen LogP contribution is 2.43. The van der Waals surface area contributed by atoms with E-state index < -0.39 is 0 Å². The molecule has 0 bridgehead atoms. The van der Waals surface area contributed by atoms with E-state index in [0.717, 1.165) is 12.1 Å². The van der Waals surface area contributed by atoms with E-state index in [1.807, 2.05) is 0 Å². The van der Waals surface area contributed by atoms with Crippen molar-refractivity contribution in [3.63, 3.8) is 0 Å². The van der Waals surface area contributed by atoms with E-state index in [1.165, 1.54) is 44.5 Å². The molecule has 3 rings (SSSR count). The van der Waals surface area contributed by atoms with Crippen molar-refractivity contribution in [1.82, 2.24) is 10.2 Å². The largest absolute Gasteiger partial charge is 0.300 e. The Balaban J connectivity index is 1.72. The first kappa shape index (κ1) is 9.49. The minimum absolute atomic E-state index is 0.463. The zero-order chi connectivity index (χ0) is 9.60. The molecule has 3 heteroatoms. The summed E-state index contributed by atoms with van der Waals surface area (Å²) >= 11 is 2.18. The van der Waals surface area contributed by atoms with Crippen LogP contribution in [0.5, 0.6) is 0 Å². The quantitative estimate of drug-likeness (QED) is 0.657. The number of nitrogens with zero attached hydrogens (tertiary/aromatic N) is 1. The van der Waals surface area contributed by atoms with Gasteiger partial charge in [0, 0.05) is 24.4 Å². The smallest absolute Gasteiger partial charge is 0.0675 e. The van der Waals surface area contributed by atoms with Crippen molar-refractivity contribution in [3.05, 3.63) is 0 Å². The second kappa shape index (κ2) is 3.39. The number of hydrogen-bond donors (Lipinski definition) is 1. The third-order valence-corrected chi connectivity index (χ3v) is 5.69. The summed E-state index contributed by atoms with van der Waals surface area (Å²) in [6, 6.07) is 1.63. The SMILES string of the molecule is CC1CSC2(CCN3CCCC3C2)N1. The maximum Gasteiger partial charge on any atom is 0.0675 e. The third kappa shape index (κ3) is 1.50. The standard InChI is InChI=1S/C11H20N2S/c1-9-8-14-11(12-9)4-6-13-5-2-3-10(13)7-11/h9-10,12H,2-8H2,1H3. The van der Waals surface area contributed by atoms with Gasteiger partial charge in [0.1, 0.15) is 0 Å². The van der Waals surface area contributed by atoms with Gasteiger partial charge in [-0.3, -0.25) is 5.32 Å². The van der Waals surface area contributed by atoms with Crippen LogP contribution in [0.2, 0.25) is 0 Å². The second-order valence-corrected chi connectivity index (χ2v) is 6.54. The van der Waals surface area contributed by atoms with Crippen molar-refractivity contribution in [2.75, 3.05) is 18.8 Å². The predicted molar refractivity (Wildman–Crippen MR) is 61.6 cm³/mol. The van der Waals surface area contributed by atoms with Gasteiger partial charge in [0.2, 0.25) is 0 Å². The van der Waals surface area contributed by atoms with Gasteiger partial charge < -0.3 is 4.90 Å². The molecular weight excluding hydrogens is 192 g/mol. The van der Waals surface area contributed by atoms with Gasteiger partial charge in [0.15, 0.2) is 0 Å². The van der Waals surface area contributed by atoms with Gasteiger partial charge >= 0.3 is 0 Å². The number of piperidine rings is 1. The van der Waals surface area contributed by atoms with E-state index in [0.29, 0.717) is 4.87 Å². The highest BCUT2D eigenvalue weighted by molar-refractivity contribution is 8.00. The van der Waals surface area contributed by atoms with Crippen molar-refractivity contribution in [2.24, 2.45) is 0 Å². The van der Waals surface area contributed by atoms with Crippen LogP contribution < -0.4 is 5.32 Å². The molecule has 0 aliphatic carbocycles. The van der Waals surface area contributed by atoms with E-state index in [1.54, 1.807) is 0 Å². The Bertz CT molecular complexity index is 233. The van der Waals surface area contributed by atoms with E-state index in [9.17, 15) is 0 Å². The molecule has 1 N–H and O–H groups in total. The number of thioether (sulfide) groups is 1. The molecule has 0 radical (unpaired) electrons. The molecule has 0 saturated carbocycles. The average Bonchev–Trinajstić information content (AvgIpc) is 2.74. The van der Waals surface area contributed by atoms with Crippen LogP contribution in [0, 0.1) is 0 Å². The zero-order valence-electron chi connectivity index (χ0n) is 8.96. The molecule has 3 aliphatic rings. The molecule has 0 aromatic carbocycles. The molecule has 2 nitrogen and oxygen atoms in total. The molecule has 80 valence electrons. The minimum atomic E-state index is 0.463. The Morgan fingerprint density at radius 3 is 3.14 bits per heavy atom. The predicted octanol–water partition coefficient (Wildman–Crippen LogP) is 1.67. The van der Waals surface area contributed by atoms with Gasteiger partial charge in [-0.2, -0.15) is 0 Å². The topological polar surface area (TPSA) is 15.3 Å². The van der Waals surface area contributed by atoms with Crippen molar-refractivity contribution in [3.8, 4) is 0 Å². The van der Waals surface area contributed by atoms with Gasteiger partial charge in [-0.05, 0) is 39.2 Å². The Morgan fingerprint density at radius 1 is 1.43 bits per heavy atom. The van der Waals surface area contributed by atoms with Crippen LogP contribution in [0.25, 0.3) is 0 Å². The van der Waals surface area contributed by atoms with Gasteiger partial charge in [0.25, 0.3) is 0 Å². The molecule has 3 atom stereocenters. The summed E-state index contributed by atoms with van der Waals surface area (Å²) in [4.78, 5) is 3.17. The average molecular weight is 212 g/mol. The lowest BCUT2D eigenvalue weighted by molar-refractivity contribution is 0.153. The van der Waals surface area contributed by atoms with Crippen LogP contribution in [-0.4, -0.2) is 40.7 Å². The molecule has 0 aromatic heterocycles. The zero-order valence-corrected chi connectivity index (χ0v) is 9.78. The van der Waals surface area contributed by atoms with E-state index in [2.05, 4.69) is 28.9 Å². The lowest BCUT2D eigenvalue weighted by atomic mass is 9.96. The van der Waals surface area contributed by atoms with Gasteiger partial charge in [-0.1, -0.05) is 0 Å². The van der Waals surface area contributed by atoms with E-state index >= 15 is 0 Å². The van der Waals surface area contributed by atoms with Gasteiger partial charge in [-0.25, -0.2) is 0 Å². The van der Waals surface area contributed by atoms with E-state index in [4.69, 9.17) is 0 Å². The fourth-order valence-corrected chi connectivity index (χ4v) is 4.79.